The lowest BCUT2D eigenvalue weighted by Crippen LogP contribution is -2.11. The first kappa shape index (κ1) is 17.1. The summed E-state index contributed by atoms with van der Waals surface area (Å²) in [6.45, 7) is 0. The molecule has 10 heteroatoms. The number of carbonyl (C=O) groups excluding carboxylic acids is 1. The van der Waals surface area contributed by atoms with Gasteiger partial charge in [-0.2, -0.15) is 18.3 Å². The Morgan fingerprint density at radius 3 is 2.58 bits per heavy atom. The van der Waals surface area contributed by atoms with Gasteiger partial charge in [0, 0.05) is 19.8 Å². The van der Waals surface area contributed by atoms with E-state index in [1.807, 2.05) is 22.6 Å². The van der Waals surface area contributed by atoms with Crippen LogP contribution in [0.3, 0.4) is 0 Å². The molecule has 0 unspecified atom stereocenters. The molecule has 0 saturated heterocycles. The zero-order valence-corrected chi connectivity index (χ0v) is 15.3. The molecule has 0 fully saturated rings. The Labute approximate surface area is 155 Å². The van der Waals surface area contributed by atoms with Gasteiger partial charge in [0.05, 0.1) is 11.1 Å². The predicted molar refractivity (Wildman–Crippen MR) is 92.8 cm³/mol. The third-order valence-electron chi connectivity index (χ3n) is 3.25. The van der Waals surface area contributed by atoms with E-state index >= 15 is 0 Å². The van der Waals surface area contributed by atoms with Crippen LogP contribution in [0, 0.1) is 3.57 Å². The molecule has 0 spiro atoms. The molecule has 3 aromatic rings. The molecule has 0 aliphatic rings. The second-order valence-electron chi connectivity index (χ2n) is 4.78. The Bertz CT molecular complexity index is 971. The van der Waals surface area contributed by atoms with Crippen molar-refractivity contribution in [1.29, 1.82) is 0 Å². The number of hydrogen-bond acceptors (Lipinski definition) is 3. The van der Waals surface area contributed by atoms with Crippen molar-refractivity contribution in [3.63, 3.8) is 0 Å². The standard InChI is InChI=1S/C14H7BrF3IN4O/c15-7-5-6(12(20)24)1-2-9(7)23-13-10(8(19)3-4-21-13)11(22-23)14(16,17)18/h1-5H,(H2,20,24). The first-order chi connectivity index (χ1) is 11.2. The van der Waals surface area contributed by atoms with E-state index in [1.165, 1.54) is 30.5 Å². The first-order valence-electron chi connectivity index (χ1n) is 6.40. The van der Waals surface area contributed by atoms with E-state index in [-0.39, 0.29) is 16.6 Å². The van der Waals surface area contributed by atoms with Crippen molar-refractivity contribution in [1.82, 2.24) is 14.8 Å². The average molecular weight is 511 g/mol. The highest BCUT2D eigenvalue weighted by Crippen LogP contribution is 2.37. The molecular weight excluding hydrogens is 504 g/mol. The summed E-state index contributed by atoms with van der Waals surface area (Å²) in [6, 6.07) is 5.77. The maximum absolute atomic E-state index is 13.3. The van der Waals surface area contributed by atoms with Gasteiger partial charge in [-0.15, -0.1) is 0 Å². The summed E-state index contributed by atoms with van der Waals surface area (Å²) in [5.74, 6) is -0.642. The highest BCUT2D eigenvalue weighted by molar-refractivity contribution is 14.1. The van der Waals surface area contributed by atoms with Crippen LogP contribution in [-0.2, 0) is 6.18 Å². The van der Waals surface area contributed by atoms with Crippen LogP contribution in [0.1, 0.15) is 16.1 Å². The number of fused-ring (bicyclic) bond motifs is 1. The van der Waals surface area contributed by atoms with Gasteiger partial charge in [-0.1, -0.05) is 0 Å². The van der Waals surface area contributed by atoms with Crippen LogP contribution < -0.4 is 5.73 Å². The number of nitrogens with two attached hydrogens (primary N) is 1. The van der Waals surface area contributed by atoms with Crippen LogP contribution in [0.25, 0.3) is 16.7 Å². The molecule has 124 valence electrons. The van der Waals surface area contributed by atoms with E-state index in [0.29, 0.717) is 13.7 Å². The van der Waals surface area contributed by atoms with Gasteiger partial charge >= 0.3 is 6.18 Å². The zero-order valence-electron chi connectivity index (χ0n) is 11.6. The number of primary amides is 1. The van der Waals surface area contributed by atoms with Crippen molar-refractivity contribution in [3.8, 4) is 5.69 Å². The molecule has 3 rings (SSSR count). The number of carbonyl (C=O) groups is 1. The number of aromatic nitrogens is 3. The SMILES string of the molecule is NC(=O)c1ccc(-n2nc(C(F)(F)F)c3c(I)ccnc32)c(Br)c1. The Hall–Kier alpha value is -1.69. The number of benzene rings is 1. The van der Waals surface area contributed by atoms with E-state index in [9.17, 15) is 18.0 Å². The summed E-state index contributed by atoms with van der Waals surface area (Å²) in [5.41, 5.74) is 4.79. The average Bonchev–Trinajstić information content (AvgIpc) is 2.88. The van der Waals surface area contributed by atoms with Crippen LogP contribution in [0.4, 0.5) is 13.2 Å². The molecule has 5 nitrogen and oxygen atoms in total. The smallest absolute Gasteiger partial charge is 0.366 e. The Morgan fingerprint density at radius 2 is 2.00 bits per heavy atom. The summed E-state index contributed by atoms with van der Waals surface area (Å²) >= 11 is 5.05. The highest BCUT2D eigenvalue weighted by Gasteiger charge is 2.38. The van der Waals surface area contributed by atoms with Crippen LogP contribution in [0.15, 0.2) is 34.9 Å². The molecule has 2 aromatic heterocycles. The molecule has 0 saturated carbocycles. The van der Waals surface area contributed by atoms with Crippen molar-refractivity contribution in [3.05, 3.63) is 49.8 Å². The number of rotatable bonds is 2. The number of halogens is 5. The Kier molecular flexibility index (Phi) is 4.28. The summed E-state index contributed by atoms with van der Waals surface area (Å²) in [7, 11) is 0. The molecule has 1 amide bonds. The Balaban J connectivity index is 2.32. The topological polar surface area (TPSA) is 73.8 Å². The van der Waals surface area contributed by atoms with Gasteiger partial charge in [-0.25, -0.2) is 9.67 Å². The normalized spacial score (nSPS) is 11.9. The van der Waals surface area contributed by atoms with Gasteiger partial charge in [0.1, 0.15) is 0 Å². The van der Waals surface area contributed by atoms with Gasteiger partial charge < -0.3 is 5.73 Å². The van der Waals surface area contributed by atoms with E-state index in [4.69, 9.17) is 5.73 Å². The maximum atomic E-state index is 13.3. The second-order valence-corrected chi connectivity index (χ2v) is 6.80. The van der Waals surface area contributed by atoms with Crippen LogP contribution in [0.2, 0.25) is 0 Å². The number of pyridine rings is 1. The third kappa shape index (κ3) is 2.88. The largest absolute Gasteiger partial charge is 0.435 e. The molecule has 1 aromatic carbocycles. The minimum atomic E-state index is -4.62. The fourth-order valence-corrected chi connectivity index (χ4v) is 3.41. The summed E-state index contributed by atoms with van der Waals surface area (Å²) in [4.78, 5) is 15.2. The van der Waals surface area contributed by atoms with E-state index in [1.54, 1.807) is 0 Å². The van der Waals surface area contributed by atoms with Crippen molar-refractivity contribution in [2.45, 2.75) is 6.18 Å². The van der Waals surface area contributed by atoms with E-state index in [0.717, 1.165) is 4.68 Å². The van der Waals surface area contributed by atoms with Crippen molar-refractivity contribution >= 4 is 55.5 Å². The summed E-state index contributed by atoms with van der Waals surface area (Å²) < 4.78 is 41.8. The molecule has 0 bridgehead atoms. The molecular formula is C14H7BrF3IN4O. The van der Waals surface area contributed by atoms with Gasteiger partial charge in [-0.05, 0) is 62.8 Å². The van der Waals surface area contributed by atoms with Crippen molar-refractivity contribution in [2.75, 3.05) is 0 Å². The molecule has 2 heterocycles. The lowest BCUT2D eigenvalue weighted by atomic mass is 10.2. The molecule has 2 N–H and O–H groups in total. The third-order valence-corrected chi connectivity index (χ3v) is 4.78. The van der Waals surface area contributed by atoms with Crippen LogP contribution >= 0.6 is 38.5 Å². The number of amides is 1. The Morgan fingerprint density at radius 1 is 1.29 bits per heavy atom. The minimum absolute atomic E-state index is 0.0711. The first-order valence-corrected chi connectivity index (χ1v) is 8.27. The minimum Gasteiger partial charge on any atom is -0.366 e. The molecule has 0 aliphatic carbocycles. The lowest BCUT2D eigenvalue weighted by Gasteiger charge is -2.07. The van der Waals surface area contributed by atoms with Gasteiger partial charge in [0.2, 0.25) is 5.91 Å². The maximum Gasteiger partial charge on any atom is 0.435 e. The van der Waals surface area contributed by atoms with Gasteiger partial charge in [0.15, 0.2) is 11.3 Å². The van der Waals surface area contributed by atoms with Crippen LogP contribution in [0.5, 0.6) is 0 Å². The van der Waals surface area contributed by atoms with Gasteiger partial charge in [0.25, 0.3) is 0 Å². The van der Waals surface area contributed by atoms with E-state index in [2.05, 4.69) is 26.0 Å². The number of nitrogens with zero attached hydrogens (tertiary/aromatic N) is 3. The summed E-state index contributed by atoms with van der Waals surface area (Å²) in [6.07, 6.45) is -3.21. The molecule has 0 radical (unpaired) electrons. The van der Waals surface area contributed by atoms with Gasteiger partial charge in [-0.3, -0.25) is 4.79 Å². The quantitative estimate of drug-likeness (QED) is 0.531. The number of alkyl halides is 3. The van der Waals surface area contributed by atoms with Crippen LogP contribution in [-0.4, -0.2) is 20.7 Å². The second kappa shape index (κ2) is 5.99. The predicted octanol–water partition coefficient (Wildman–Crippen LogP) is 3.91. The zero-order chi connectivity index (χ0) is 17.6. The highest BCUT2D eigenvalue weighted by atomic mass is 127. The lowest BCUT2D eigenvalue weighted by molar-refractivity contribution is -0.140. The van der Waals surface area contributed by atoms with E-state index < -0.39 is 17.8 Å². The molecule has 24 heavy (non-hydrogen) atoms. The monoisotopic (exact) mass is 510 g/mol. The summed E-state index contributed by atoms with van der Waals surface area (Å²) in [5, 5.41) is 3.63. The molecule has 0 atom stereocenters. The van der Waals surface area contributed by atoms with Crippen molar-refractivity contribution < 1.29 is 18.0 Å². The fourth-order valence-electron chi connectivity index (χ4n) is 2.20. The molecule has 0 aliphatic heterocycles. The van der Waals surface area contributed by atoms with Crippen molar-refractivity contribution in [2.24, 2.45) is 5.73 Å². The fraction of sp³-hybridized carbons (Fsp3) is 0.0714. The number of hydrogen-bond donors (Lipinski definition) is 1.